The van der Waals surface area contributed by atoms with E-state index in [0.29, 0.717) is 62.5 Å². The molecule has 5 rings (SSSR count). The van der Waals surface area contributed by atoms with E-state index in [0.717, 1.165) is 25.6 Å². The van der Waals surface area contributed by atoms with Crippen molar-refractivity contribution < 1.29 is 27.8 Å². The number of benzene rings is 2. The fourth-order valence-corrected chi connectivity index (χ4v) is 5.13. The topological polar surface area (TPSA) is 81.5 Å². The summed E-state index contributed by atoms with van der Waals surface area (Å²) in [4.78, 5) is 31.4. The van der Waals surface area contributed by atoms with Crippen molar-refractivity contribution in [3.63, 3.8) is 0 Å². The predicted octanol–water partition coefficient (Wildman–Crippen LogP) is 4.63. The summed E-state index contributed by atoms with van der Waals surface area (Å²) in [6.07, 6.45) is 0.901. The number of halogens is 1. The zero-order chi connectivity index (χ0) is 27.5. The van der Waals surface area contributed by atoms with Crippen LogP contribution in [0, 0.1) is 11.7 Å². The van der Waals surface area contributed by atoms with E-state index in [1.54, 1.807) is 4.90 Å². The lowest BCUT2D eigenvalue weighted by Crippen LogP contribution is -2.42. The van der Waals surface area contributed by atoms with Crippen LogP contribution >= 0.6 is 0 Å². The lowest BCUT2D eigenvalue weighted by atomic mass is 9.98. The number of amides is 1. The van der Waals surface area contributed by atoms with Crippen molar-refractivity contribution in [2.24, 2.45) is 5.92 Å². The Morgan fingerprint density at radius 3 is 2.56 bits per heavy atom. The summed E-state index contributed by atoms with van der Waals surface area (Å²) in [6, 6.07) is 8.58. The molecule has 1 amide bonds. The van der Waals surface area contributed by atoms with Crippen molar-refractivity contribution in [1.82, 2.24) is 9.80 Å². The first-order valence-electron chi connectivity index (χ1n) is 13.6. The van der Waals surface area contributed by atoms with Crippen LogP contribution in [0.5, 0.6) is 11.5 Å². The molecule has 8 nitrogen and oxygen atoms in total. The summed E-state index contributed by atoms with van der Waals surface area (Å²) in [5, 5.41) is 0.111. The van der Waals surface area contributed by atoms with Gasteiger partial charge >= 0.3 is 0 Å². The van der Waals surface area contributed by atoms with Crippen LogP contribution in [0.3, 0.4) is 0 Å². The van der Waals surface area contributed by atoms with Crippen molar-refractivity contribution in [2.75, 3.05) is 52.6 Å². The molecule has 0 saturated carbocycles. The highest BCUT2D eigenvalue weighted by Crippen LogP contribution is 2.41. The maximum Gasteiger partial charge on any atom is 0.290 e. The third-order valence-corrected chi connectivity index (χ3v) is 7.22. The molecule has 1 unspecified atom stereocenters. The zero-order valence-corrected chi connectivity index (χ0v) is 22.7. The number of nitrogens with zero attached hydrogens (tertiary/aromatic N) is 2. The molecule has 1 aromatic heterocycles. The molecular formula is C30H35FN2O6. The average molecular weight is 539 g/mol. The Labute approximate surface area is 227 Å². The van der Waals surface area contributed by atoms with Crippen molar-refractivity contribution in [1.29, 1.82) is 0 Å². The number of morpholine rings is 1. The van der Waals surface area contributed by atoms with E-state index in [4.69, 9.17) is 18.6 Å². The van der Waals surface area contributed by atoms with E-state index in [2.05, 4.69) is 18.7 Å². The average Bonchev–Trinajstić information content (AvgIpc) is 3.20. The Bertz CT molecular complexity index is 1400. The van der Waals surface area contributed by atoms with Gasteiger partial charge in [-0.1, -0.05) is 19.9 Å². The molecule has 39 heavy (non-hydrogen) atoms. The van der Waals surface area contributed by atoms with E-state index in [1.807, 2.05) is 25.1 Å². The molecule has 208 valence electrons. The highest BCUT2D eigenvalue weighted by Gasteiger charge is 2.43. The van der Waals surface area contributed by atoms with E-state index in [9.17, 15) is 14.0 Å². The number of ether oxygens (including phenoxy) is 3. The van der Waals surface area contributed by atoms with Crippen LogP contribution in [0.25, 0.3) is 11.0 Å². The second-order valence-corrected chi connectivity index (χ2v) is 10.3. The number of rotatable bonds is 10. The van der Waals surface area contributed by atoms with Gasteiger partial charge < -0.3 is 23.5 Å². The largest absolute Gasteiger partial charge is 0.490 e. The number of hydrogen-bond donors (Lipinski definition) is 0. The number of fused-ring (bicyclic) bond motifs is 2. The molecule has 2 aliphatic heterocycles. The van der Waals surface area contributed by atoms with Crippen molar-refractivity contribution >= 4 is 16.9 Å². The second kappa shape index (κ2) is 11.8. The molecule has 3 aromatic rings. The molecule has 0 spiro atoms. The van der Waals surface area contributed by atoms with Gasteiger partial charge in [-0.2, -0.15) is 0 Å². The summed E-state index contributed by atoms with van der Waals surface area (Å²) in [5.41, 5.74) is 0.696. The third-order valence-electron chi connectivity index (χ3n) is 7.22. The van der Waals surface area contributed by atoms with Gasteiger partial charge in [0.25, 0.3) is 5.91 Å². The van der Waals surface area contributed by atoms with Gasteiger partial charge in [-0.05, 0) is 55.2 Å². The Hall–Kier alpha value is -3.43. The van der Waals surface area contributed by atoms with Crippen LogP contribution in [-0.4, -0.2) is 68.3 Å². The molecule has 0 aliphatic carbocycles. The van der Waals surface area contributed by atoms with Crippen LogP contribution in [-0.2, 0) is 4.74 Å². The van der Waals surface area contributed by atoms with Crippen LogP contribution in [0.15, 0.2) is 45.6 Å². The van der Waals surface area contributed by atoms with Crippen LogP contribution in [0.2, 0.25) is 0 Å². The van der Waals surface area contributed by atoms with E-state index >= 15 is 0 Å². The second-order valence-electron chi connectivity index (χ2n) is 10.3. The fourth-order valence-electron chi connectivity index (χ4n) is 5.13. The first-order valence-corrected chi connectivity index (χ1v) is 13.6. The highest BCUT2D eigenvalue weighted by atomic mass is 19.1. The molecular weight excluding hydrogens is 503 g/mol. The van der Waals surface area contributed by atoms with Gasteiger partial charge in [0.05, 0.1) is 43.4 Å². The molecule has 1 atom stereocenters. The molecule has 2 aliphatic rings. The standard InChI is InChI=1S/C30H35FN2O6/c1-4-37-25-17-20(5-7-24(25)38-14-9-19(2)3)27-26-28(34)22-18-21(31)6-8-23(22)39-29(26)30(35)33(27)11-10-32-12-15-36-16-13-32/h5-8,17-19,27H,4,9-16H2,1-3H3. The predicted molar refractivity (Wildman–Crippen MR) is 145 cm³/mol. The van der Waals surface area contributed by atoms with Gasteiger partial charge in [0.1, 0.15) is 11.4 Å². The van der Waals surface area contributed by atoms with Gasteiger partial charge in [0.2, 0.25) is 5.76 Å². The number of carbonyl (C=O) groups is 1. The van der Waals surface area contributed by atoms with Crippen LogP contribution < -0.4 is 14.9 Å². The zero-order valence-electron chi connectivity index (χ0n) is 22.7. The Morgan fingerprint density at radius 1 is 1.03 bits per heavy atom. The molecule has 9 heteroatoms. The SMILES string of the molecule is CCOc1cc(C2c3c(oc4ccc(F)cc4c3=O)C(=O)N2CCN2CCOCC2)ccc1OCCC(C)C. The van der Waals surface area contributed by atoms with Gasteiger partial charge in [-0.25, -0.2) is 4.39 Å². The van der Waals surface area contributed by atoms with Crippen LogP contribution in [0.1, 0.15) is 54.9 Å². The molecule has 0 bridgehead atoms. The van der Waals surface area contributed by atoms with Gasteiger partial charge in [0, 0.05) is 26.2 Å². The summed E-state index contributed by atoms with van der Waals surface area (Å²) >= 11 is 0. The van der Waals surface area contributed by atoms with Crippen molar-refractivity contribution in [3.8, 4) is 11.5 Å². The minimum atomic E-state index is -0.707. The van der Waals surface area contributed by atoms with E-state index in [1.165, 1.54) is 12.1 Å². The summed E-state index contributed by atoms with van der Waals surface area (Å²) in [6.45, 7) is 11.0. The third kappa shape index (κ3) is 5.65. The maximum absolute atomic E-state index is 14.1. The maximum atomic E-state index is 14.1. The Kier molecular flexibility index (Phi) is 8.18. The number of carbonyl (C=O) groups excluding carboxylic acids is 1. The minimum Gasteiger partial charge on any atom is -0.490 e. The fraction of sp³-hybridized carbons (Fsp3) is 0.467. The first kappa shape index (κ1) is 27.1. The van der Waals surface area contributed by atoms with Crippen LogP contribution in [0.4, 0.5) is 4.39 Å². The normalized spacial score (nSPS) is 17.7. The Balaban J connectivity index is 1.56. The quantitative estimate of drug-likeness (QED) is 0.372. The van der Waals surface area contributed by atoms with Gasteiger partial charge in [-0.3, -0.25) is 14.5 Å². The lowest BCUT2D eigenvalue weighted by molar-refractivity contribution is 0.0314. The summed E-state index contributed by atoms with van der Waals surface area (Å²) in [5.74, 6) is 0.756. The van der Waals surface area contributed by atoms with E-state index in [-0.39, 0.29) is 28.2 Å². The first-order chi connectivity index (χ1) is 18.9. The van der Waals surface area contributed by atoms with Crippen molar-refractivity contribution in [3.05, 3.63) is 69.3 Å². The molecule has 1 saturated heterocycles. The molecule has 3 heterocycles. The molecule has 0 N–H and O–H groups in total. The minimum absolute atomic E-state index is 0.00121. The smallest absolute Gasteiger partial charge is 0.290 e. The summed E-state index contributed by atoms with van der Waals surface area (Å²) < 4.78 is 37.4. The molecule has 2 aromatic carbocycles. The van der Waals surface area contributed by atoms with Gasteiger partial charge in [-0.15, -0.1) is 0 Å². The van der Waals surface area contributed by atoms with E-state index < -0.39 is 17.3 Å². The lowest BCUT2D eigenvalue weighted by Gasteiger charge is -2.31. The Morgan fingerprint density at radius 2 is 1.82 bits per heavy atom. The number of hydrogen-bond acceptors (Lipinski definition) is 7. The highest BCUT2D eigenvalue weighted by molar-refractivity contribution is 5.99. The van der Waals surface area contributed by atoms with Crippen molar-refractivity contribution in [2.45, 2.75) is 33.2 Å². The monoisotopic (exact) mass is 538 g/mol. The molecule has 1 fully saturated rings. The van der Waals surface area contributed by atoms with Gasteiger partial charge in [0.15, 0.2) is 16.9 Å². The summed E-state index contributed by atoms with van der Waals surface area (Å²) in [7, 11) is 0. The molecule has 0 radical (unpaired) electrons.